The molecule has 2 heterocycles. The molecule has 2 fully saturated rings. The Morgan fingerprint density at radius 3 is 2.60 bits per heavy atom. The van der Waals surface area contributed by atoms with Crippen LogP contribution in [-0.4, -0.2) is 63.9 Å². The van der Waals surface area contributed by atoms with Gasteiger partial charge in [-0.1, -0.05) is 0 Å². The number of urea groups is 1. The normalized spacial score (nSPS) is 26.6. The zero-order valence-corrected chi connectivity index (χ0v) is 11.2. The third kappa shape index (κ3) is 2.33. The molecule has 4 amide bonds. The predicted molar refractivity (Wildman–Crippen MR) is 66.7 cm³/mol. The van der Waals surface area contributed by atoms with E-state index in [2.05, 4.69) is 5.32 Å². The molecule has 0 aromatic rings. The third-order valence-corrected chi connectivity index (χ3v) is 3.88. The van der Waals surface area contributed by atoms with E-state index in [1.54, 1.807) is 0 Å². The first-order valence-corrected chi connectivity index (χ1v) is 6.48. The first-order chi connectivity index (χ1) is 9.36. The molecule has 8 heteroatoms. The van der Waals surface area contributed by atoms with Gasteiger partial charge in [-0.05, 0) is 26.2 Å². The molecule has 2 N–H and O–H groups in total. The predicted octanol–water partition coefficient (Wildman–Crippen LogP) is -0.606. The summed E-state index contributed by atoms with van der Waals surface area (Å²) in [6.45, 7) is 1.29. The molecule has 2 saturated heterocycles. The van der Waals surface area contributed by atoms with Gasteiger partial charge in [-0.25, -0.2) is 9.59 Å². The van der Waals surface area contributed by atoms with E-state index in [1.807, 2.05) is 0 Å². The monoisotopic (exact) mass is 283 g/mol. The maximum absolute atomic E-state index is 12.3. The molecular weight excluding hydrogens is 266 g/mol. The molecule has 0 saturated carbocycles. The lowest BCUT2D eigenvalue weighted by Crippen LogP contribution is -2.59. The smallest absolute Gasteiger partial charge is 0.329 e. The molecule has 1 unspecified atom stereocenters. The summed E-state index contributed by atoms with van der Waals surface area (Å²) in [5.41, 5.74) is -1.27. The Kier molecular flexibility index (Phi) is 3.65. The number of nitrogens with zero attached hydrogens (tertiary/aromatic N) is 2. The molecule has 0 bridgehead atoms. The standard InChI is InChI=1S/C12H17N3O5/c1-12(10(18)19)4-2-3-5-15(12)9(17)7-14-8(16)6-13-11(14)20/h2-7H2,1H3,(H,13,20)(H,18,19). The first kappa shape index (κ1) is 14.3. The molecule has 110 valence electrons. The number of carbonyl (C=O) groups is 4. The Bertz CT molecular complexity index is 462. The molecule has 2 aliphatic heterocycles. The Morgan fingerprint density at radius 1 is 1.35 bits per heavy atom. The Labute approximate surface area is 115 Å². The highest BCUT2D eigenvalue weighted by Crippen LogP contribution is 2.28. The van der Waals surface area contributed by atoms with E-state index in [1.165, 1.54) is 11.8 Å². The van der Waals surface area contributed by atoms with Crippen molar-refractivity contribution in [3.63, 3.8) is 0 Å². The average molecular weight is 283 g/mol. The van der Waals surface area contributed by atoms with Gasteiger partial charge in [0.15, 0.2) is 0 Å². The lowest BCUT2D eigenvalue weighted by atomic mass is 9.88. The second-order valence-electron chi connectivity index (χ2n) is 5.22. The maximum atomic E-state index is 12.3. The number of carboxylic acid groups (broad SMARTS) is 1. The molecule has 2 aliphatic rings. The van der Waals surface area contributed by atoms with Gasteiger partial charge >= 0.3 is 12.0 Å². The van der Waals surface area contributed by atoms with E-state index in [0.717, 1.165) is 17.7 Å². The van der Waals surface area contributed by atoms with E-state index in [0.29, 0.717) is 13.0 Å². The number of carbonyl (C=O) groups excluding carboxylic acids is 3. The molecule has 0 radical (unpaired) electrons. The highest BCUT2D eigenvalue weighted by molar-refractivity contribution is 6.04. The van der Waals surface area contributed by atoms with Crippen LogP contribution < -0.4 is 5.32 Å². The number of amides is 4. The molecule has 0 spiro atoms. The van der Waals surface area contributed by atoms with Crippen LogP contribution in [0.5, 0.6) is 0 Å². The fourth-order valence-electron chi connectivity index (χ4n) is 2.58. The number of rotatable bonds is 3. The van der Waals surface area contributed by atoms with Gasteiger partial charge in [0, 0.05) is 6.54 Å². The summed E-state index contributed by atoms with van der Waals surface area (Å²) in [4.78, 5) is 48.6. The second-order valence-corrected chi connectivity index (χ2v) is 5.22. The Morgan fingerprint density at radius 2 is 2.05 bits per heavy atom. The van der Waals surface area contributed by atoms with E-state index >= 15 is 0 Å². The van der Waals surface area contributed by atoms with Gasteiger partial charge in [-0.3, -0.25) is 14.5 Å². The summed E-state index contributed by atoms with van der Waals surface area (Å²) < 4.78 is 0. The van der Waals surface area contributed by atoms with Crippen LogP contribution in [-0.2, 0) is 14.4 Å². The lowest BCUT2D eigenvalue weighted by Gasteiger charge is -2.42. The summed E-state index contributed by atoms with van der Waals surface area (Å²) in [6, 6.07) is -0.614. The quantitative estimate of drug-likeness (QED) is 0.672. The number of aliphatic carboxylic acids is 1. The van der Waals surface area contributed by atoms with Crippen molar-refractivity contribution in [1.82, 2.24) is 15.1 Å². The molecule has 8 nitrogen and oxygen atoms in total. The molecule has 20 heavy (non-hydrogen) atoms. The lowest BCUT2D eigenvalue weighted by molar-refractivity contribution is -0.161. The van der Waals surface area contributed by atoms with Crippen molar-refractivity contribution in [2.24, 2.45) is 0 Å². The van der Waals surface area contributed by atoms with Crippen molar-refractivity contribution in [3.05, 3.63) is 0 Å². The van der Waals surface area contributed by atoms with Crippen LogP contribution in [0.2, 0.25) is 0 Å². The largest absolute Gasteiger partial charge is 0.480 e. The van der Waals surface area contributed by atoms with Crippen LogP contribution in [0.3, 0.4) is 0 Å². The minimum Gasteiger partial charge on any atom is -0.480 e. The topological polar surface area (TPSA) is 107 Å². The van der Waals surface area contributed by atoms with Gasteiger partial charge in [0.05, 0.1) is 6.54 Å². The Balaban J connectivity index is 2.12. The van der Waals surface area contributed by atoms with E-state index in [4.69, 9.17) is 0 Å². The van der Waals surface area contributed by atoms with Crippen molar-refractivity contribution in [2.75, 3.05) is 19.6 Å². The SMILES string of the molecule is CC1(C(=O)O)CCCCN1C(=O)CN1C(=O)CNC1=O. The summed E-state index contributed by atoms with van der Waals surface area (Å²) >= 11 is 0. The summed E-state index contributed by atoms with van der Waals surface area (Å²) in [6.07, 6.45) is 1.82. The number of hydrogen-bond donors (Lipinski definition) is 2. The molecular formula is C12H17N3O5. The highest BCUT2D eigenvalue weighted by Gasteiger charge is 2.45. The van der Waals surface area contributed by atoms with Crippen molar-refractivity contribution < 1.29 is 24.3 Å². The van der Waals surface area contributed by atoms with E-state index < -0.39 is 35.9 Å². The maximum Gasteiger partial charge on any atom is 0.329 e. The van der Waals surface area contributed by atoms with Gasteiger partial charge in [0.2, 0.25) is 5.91 Å². The minimum absolute atomic E-state index is 0.123. The summed E-state index contributed by atoms with van der Waals surface area (Å²) in [5.74, 6) is -2.06. The van der Waals surface area contributed by atoms with Crippen LogP contribution in [0, 0.1) is 0 Å². The molecule has 0 aliphatic carbocycles. The van der Waals surface area contributed by atoms with Crippen LogP contribution in [0.15, 0.2) is 0 Å². The van der Waals surface area contributed by atoms with E-state index in [-0.39, 0.29) is 6.54 Å². The van der Waals surface area contributed by atoms with Crippen molar-refractivity contribution in [3.8, 4) is 0 Å². The van der Waals surface area contributed by atoms with E-state index in [9.17, 15) is 24.3 Å². The average Bonchev–Trinajstić information content (AvgIpc) is 2.70. The summed E-state index contributed by atoms with van der Waals surface area (Å²) in [5, 5.41) is 11.6. The van der Waals surface area contributed by atoms with Gasteiger partial charge in [0.25, 0.3) is 5.91 Å². The fraction of sp³-hybridized carbons (Fsp3) is 0.667. The van der Waals surface area contributed by atoms with Crippen LogP contribution >= 0.6 is 0 Å². The van der Waals surface area contributed by atoms with Gasteiger partial charge in [-0.2, -0.15) is 0 Å². The van der Waals surface area contributed by atoms with Crippen LogP contribution in [0.4, 0.5) is 4.79 Å². The third-order valence-electron chi connectivity index (χ3n) is 3.88. The number of likely N-dealkylation sites (tertiary alicyclic amines) is 1. The summed E-state index contributed by atoms with van der Waals surface area (Å²) in [7, 11) is 0. The van der Waals surface area contributed by atoms with Crippen molar-refractivity contribution in [2.45, 2.75) is 31.7 Å². The Hall–Kier alpha value is -2.12. The first-order valence-electron chi connectivity index (χ1n) is 6.48. The number of imide groups is 1. The number of hydrogen-bond acceptors (Lipinski definition) is 4. The fourth-order valence-corrected chi connectivity index (χ4v) is 2.58. The zero-order valence-electron chi connectivity index (χ0n) is 11.2. The molecule has 2 rings (SSSR count). The number of piperidine rings is 1. The number of carboxylic acids is 1. The van der Waals surface area contributed by atoms with Gasteiger partial charge < -0.3 is 15.3 Å². The van der Waals surface area contributed by atoms with Gasteiger partial charge in [-0.15, -0.1) is 0 Å². The zero-order chi connectivity index (χ0) is 14.9. The highest BCUT2D eigenvalue weighted by atomic mass is 16.4. The van der Waals surface area contributed by atoms with Crippen molar-refractivity contribution in [1.29, 1.82) is 0 Å². The second kappa shape index (κ2) is 5.10. The molecule has 0 aromatic heterocycles. The molecule has 1 atom stereocenters. The van der Waals surface area contributed by atoms with Crippen molar-refractivity contribution >= 4 is 23.8 Å². The molecule has 0 aromatic carbocycles. The number of nitrogens with one attached hydrogen (secondary N) is 1. The minimum atomic E-state index is -1.27. The van der Waals surface area contributed by atoms with Gasteiger partial charge in [0.1, 0.15) is 12.1 Å². The van der Waals surface area contributed by atoms with Crippen LogP contribution in [0.1, 0.15) is 26.2 Å². The van der Waals surface area contributed by atoms with Crippen LogP contribution in [0.25, 0.3) is 0 Å².